The first kappa shape index (κ1) is 18.6. The first-order chi connectivity index (χ1) is 12.4. The SMILES string of the molecule is CCOc1ccc(NC2=C(Cl)C(=O)N(c3cc(Cl)ccc3Cl)C2=O)cc1. The van der Waals surface area contributed by atoms with Crippen molar-refractivity contribution in [3.05, 3.63) is 63.2 Å². The van der Waals surface area contributed by atoms with Gasteiger partial charge in [-0.2, -0.15) is 0 Å². The molecule has 0 aromatic heterocycles. The Bertz CT molecular complexity index is 910. The molecule has 0 atom stereocenters. The second-order valence-corrected chi connectivity index (χ2v) is 6.53. The van der Waals surface area contributed by atoms with Gasteiger partial charge in [0.15, 0.2) is 0 Å². The van der Waals surface area contributed by atoms with Gasteiger partial charge in [0.25, 0.3) is 11.8 Å². The zero-order chi connectivity index (χ0) is 18.8. The summed E-state index contributed by atoms with van der Waals surface area (Å²) in [5.41, 5.74) is 0.731. The first-order valence-corrected chi connectivity index (χ1v) is 8.79. The minimum absolute atomic E-state index is 0.0307. The molecule has 1 heterocycles. The van der Waals surface area contributed by atoms with Gasteiger partial charge in [0.2, 0.25) is 0 Å². The molecule has 0 aliphatic carbocycles. The van der Waals surface area contributed by atoms with Crippen LogP contribution in [0.25, 0.3) is 0 Å². The normalized spacial score (nSPS) is 14.2. The fourth-order valence-electron chi connectivity index (χ4n) is 2.43. The minimum Gasteiger partial charge on any atom is -0.494 e. The molecule has 8 heteroatoms. The molecule has 0 fully saturated rings. The molecule has 0 bridgehead atoms. The highest BCUT2D eigenvalue weighted by Crippen LogP contribution is 2.35. The van der Waals surface area contributed by atoms with Crippen molar-refractivity contribution in [3.63, 3.8) is 0 Å². The summed E-state index contributed by atoms with van der Waals surface area (Å²) in [6.45, 7) is 2.43. The number of halogens is 3. The lowest BCUT2D eigenvalue weighted by molar-refractivity contribution is -0.120. The molecule has 0 radical (unpaired) electrons. The van der Waals surface area contributed by atoms with Crippen LogP contribution in [0.1, 0.15) is 6.92 Å². The fraction of sp³-hybridized carbons (Fsp3) is 0.111. The Hall–Kier alpha value is -2.21. The number of anilines is 2. The van der Waals surface area contributed by atoms with E-state index in [0.717, 1.165) is 4.90 Å². The van der Waals surface area contributed by atoms with Crippen LogP contribution in [-0.2, 0) is 9.59 Å². The van der Waals surface area contributed by atoms with Crippen LogP contribution in [0.2, 0.25) is 10.0 Å². The maximum absolute atomic E-state index is 12.7. The number of nitrogens with one attached hydrogen (secondary N) is 1. The third-order valence-corrected chi connectivity index (χ3v) is 4.52. The predicted octanol–water partition coefficient (Wildman–Crippen LogP) is 4.83. The summed E-state index contributed by atoms with van der Waals surface area (Å²) < 4.78 is 5.37. The predicted molar refractivity (Wildman–Crippen MR) is 103 cm³/mol. The number of imide groups is 1. The van der Waals surface area contributed by atoms with Gasteiger partial charge in [-0.1, -0.05) is 34.8 Å². The largest absolute Gasteiger partial charge is 0.494 e. The highest BCUT2D eigenvalue weighted by atomic mass is 35.5. The Morgan fingerprint density at radius 3 is 2.35 bits per heavy atom. The van der Waals surface area contributed by atoms with E-state index >= 15 is 0 Å². The fourth-order valence-corrected chi connectivity index (χ4v) is 3.01. The Morgan fingerprint density at radius 1 is 1.00 bits per heavy atom. The molecular weight excluding hydrogens is 399 g/mol. The van der Waals surface area contributed by atoms with Crippen molar-refractivity contribution in [1.82, 2.24) is 0 Å². The van der Waals surface area contributed by atoms with Gasteiger partial charge in [-0.25, -0.2) is 4.90 Å². The van der Waals surface area contributed by atoms with Crippen LogP contribution in [0.5, 0.6) is 5.75 Å². The van der Waals surface area contributed by atoms with Gasteiger partial charge in [-0.15, -0.1) is 0 Å². The molecule has 1 aliphatic rings. The van der Waals surface area contributed by atoms with Gasteiger partial charge in [0.05, 0.1) is 17.3 Å². The highest BCUT2D eigenvalue weighted by Gasteiger charge is 2.39. The summed E-state index contributed by atoms with van der Waals surface area (Å²) in [6.07, 6.45) is 0. The second-order valence-electron chi connectivity index (χ2n) is 5.31. The van der Waals surface area contributed by atoms with Crippen LogP contribution in [0, 0.1) is 0 Å². The lowest BCUT2D eigenvalue weighted by Crippen LogP contribution is -2.32. The second kappa shape index (κ2) is 7.58. The number of hydrogen-bond acceptors (Lipinski definition) is 4. The third-order valence-electron chi connectivity index (χ3n) is 3.61. The summed E-state index contributed by atoms with van der Waals surface area (Å²) in [5, 5.41) is 3.21. The van der Waals surface area contributed by atoms with Crippen molar-refractivity contribution in [2.75, 3.05) is 16.8 Å². The molecule has 2 amide bonds. The van der Waals surface area contributed by atoms with Crippen molar-refractivity contribution in [1.29, 1.82) is 0 Å². The van der Waals surface area contributed by atoms with Gasteiger partial charge in [0.1, 0.15) is 16.5 Å². The van der Waals surface area contributed by atoms with Gasteiger partial charge >= 0.3 is 0 Å². The van der Waals surface area contributed by atoms with E-state index < -0.39 is 11.8 Å². The molecule has 2 aromatic rings. The molecule has 134 valence electrons. The molecule has 3 rings (SSSR count). The molecule has 26 heavy (non-hydrogen) atoms. The Morgan fingerprint density at radius 2 is 1.69 bits per heavy atom. The molecule has 5 nitrogen and oxygen atoms in total. The number of hydrogen-bond donors (Lipinski definition) is 1. The Kier molecular flexibility index (Phi) is 5.41. The van der Waals surface area contributed by atoms with Crippen molar-refractivity contribution < 1.29 is 14.3 Å². The van der Waals surface area contributed by atoms with E-state index in [2.05, 4.69) is 5.32 Å². The standard InChI is InChI=1S/C18H13Cl3N2O3/c1-2-26-12-6-4-11(5-7-12)22-16-15(21)17(24)23(18(16)25)14-9-10(19)3-8-13(14)20/h3-9,22H,2H2,1H3. The van der Waals surface area contributed by atoms with Crippen molar-refractivity contribution in [2.45, 2.75) is 6.92 Å². The quantitative estimate of drug-likeness (QED) is 0.716. The maximum Gasteiger partial charge on any atom is 0.283 e. The summed E-state index contributed by atoms with van der Waals surface area (Å²) in [4.78, 5) is 26.1. The molecule has 0 unspecified atom stereocenters. The van der Waals surface area contributed by atoms with Gasteiger partial charge in [-0.3, -0.25) is 9.59 Å². The number of ether oxygens (including phenoxy) is 1. The van der Waals surface area contributed by atoms with Crippen molar-refractivity contribution in [2.24, 2.45) is 0 Å². The van der Waals surface area contributed by atoms with Crippen LogP contribution < -0.4 is 15.0 Å². The van der Waals surface area contributed by atoms with Crippen LogP contribution in [0.3, 0.4) is 0 Å². The summed E-state index contributed by atoms with van der Waals surface area (Å²) in [5.74, 6) is -0.591. The molecule has 1 N–H and O–H groups in total. The lowest BCUT2D eigenvalue weighted by Gasteiger charge is -2.17. The van der Waals surface area contributed by atoms with Crippen LogP contribution in [-0.4, -0.2) is 18.4 Å². The summed E-state index contributed by atoms with van der Waals surface area (Å²) in [7, 11) is 0. The smallest absolute Gasteiger partial charge is 0.283 e. The topological polar surface area (TPSA) is 58.6 Å². The van der Waals surface area contributed by atoms with E-state index in [1.54, 1.807) is 30.3 Å². The molecular formula is C18H13Cl3N2O3. The number of benzene rings is 2. The highest BCUT2D eigenvalue weighted by molar-refractivity contribution is 6.54. The van der Waals surface area contributed by atoms with Crippen LogP contribution >= 0.6 is 34.8 Å². The zero-order valence-electron chi connectivity index (χ0n) is 13.6. The van der Waals surface area contributed by atoms with E-state index in [0.29, 0.717) is 23.1 Å². The lowest BCUT2D eigenvalue weighted by atomic mass is 10.2. The van der Waals surface area contributed by atoms with Crippen molar-refractivity contribution >= 4 is 58.0 Å². The van der Waals surface area contributed by atoms with Crippen molar-refractivity contribution in [3.8, 4) is 5.75 Å². The van der Waals surface area contributed by atoms with Crippen LogP contribution in [0.15, 0.2) is 53.2 Å². The van der Waals surface area contributed by atoms with E-state index in [1.807, 2.05) is 6.92 Å². The monoisotopic (exact) mass is 410 g/mol. The van der Waals surface area contributed by atoms with Gasteiger partial charge in [0, 0.05) is 10.7 Å². The molecule has 0 saturated heterocycles. The first-order valence-electron chi connectivity index (χ1n) is 7.66. The van der Waals surface area contributed by atoms with E-state index in [1.165, 1.54) is 12.1 Å². The summed E-state index contributed by atoms with van der Waals surface area (Å²) >= 11 is 18.2. The molecule has 1 aliphatic heterocycles. The average Bonchev–Trinajstić information content (AvgIpc) is 2.83. The number of carbonyl (C=O) groups excluding carboxylic acids is 2. The Balaban J connectivity index is 1.88. The number of nitrogens with zero attached hydrogens (tertiary/aromatic N) is 1. The average molecular weight is 412 g/mol. The van der Waals surface area contributed by atoms with E-state index in [4.69, 9.17) is 39.5 Å². The molecule has 2 aromatic carbocycles. The molecule has 0 saturated carbocycles. The molecule has 0 spiro atoms. The zero-order valence-corrected chi connectivity index (χ0v) is 15.8. The summed E-state index contributed by atoms with van der Waals surface area (Å²) in [6, 6.07) is 11.4. The van der Waals surface area contributed by atoms with Gasteiger partial charge < -0.3 is 10.1 Å². The number of carbonyl (C=O) groups is 2. The third kappa shape index (κ3) is 3.51. The maximum atomic E-state index is 12.7. The van der Waals surface area contributed by atoms with E-state index in [-0.39, 0.29) is 21.4 Å². The van der Waals surface area contributed by atoms with Gasteiger partial charge in [-0.05, 0) is 49.4 Å². The Labute approximate surface area is 165 Å². The van der Waals surface area contributed by atoms with Crippen LogP contribution in [0.4, 0.5) is 11.4 Å². The van der Waals surface area contributed by atoms with E-state index in [9.17, 15) is 9.59 Å². The minimum atomic E-state index is -0.672. The number of rotatable bonds is 5. The number of amides is 2.